The van der Waals surface area contributed by atoms with E-state index in [0.717, 1.165) is 25.9 Å². The number of aromatic nitrogens is 2. The van der Waals surface area contributed by atoms with Crippen LogP contribution in [0.25, 0.3) is 0 Å². The van der Waals surface area contributed by atoms with Gasteiger partial charge in [0, 0.05) is 62.9 Å². The first-order chi connectivity index (χ1) is 10.7. The van der Waals surface area contributed by atoms with Gasteiger partial charge in [0.1, 0.15) is 0 Å². The molecule has 7 heteroatoms. The maximum absolute atomic E-state index is 12.3. The van der Waals surface area contributed by atoms with Crippen LogP contribution in [0.5, 0.6) is 0 Å². The summed E-state index contributed by atoms with van der Waals surface area (Å²) in [6.45, 7) is 4.82. The third kappa shape index (κ3) is 4.18. The van der Waals surface area contributed by atoms with Gasteiger partial charge in [-0.2, -0.15) is 16.9 Å². The van der Waals surface area contributed by atoms with E-state index in [4.69, 9.17) is 11.6 Å². The second-order valence-corrected chi connectivity index (χ2v) is 7.59. The van der Waals surface area contributed by atoms with Crippen LogP contribution in [-0.4, -0.2) is 69.2 Å². The first-order valence-electron chi connectivity index (χ1n) is 8.00. The molecule has 1 amide bonds. The van der Waals surface area contributed by atoms with E-state index >= 15 is 0 Å². The quantitative estimate of drug-likeness (QED) is 0.839. The average Bonchev–Trinajstić information content (AvgIpc) is 2.99. The van der Waals surface area contributed by atoms with Gasteiger partial charge in [-0.05, 0) is 12.8 Å². The maximum atomic E-state index is 12.3. The normalized spacial score (nSPS) is 21.2. The minimum absolute atomic E-state index is 0.235. The Bertz CT molecular complexity index is 495. The lowest BCUT2D eigenvalue weighted by Gasteiger charge is -2.40. The average molecular weight is 343 g/mol. The van der Waals surface area contributed by atoms with E-state index < -0.39 is 0 Å². The van der Waals surface area contributed by atoms with Crippen molar-refractivity contribution >= 4 is 29.3 Å². The smallest absolute Gasteiger partial charge is 0.224 e. The van der Waals surface area contributed by atoms with Gasteiger partial charge in [-0.25, -0.2) is 0 Å². The lowest BCUT2D eigenvalue weighted by Crippen LogP contribution is -2.49. The van der Waals surface area contributed by atoms with Crippen LogP contribution in [0.1, 0.15) is 19.3 Å². The van der Waals surface area contributed by atoms with Gasteiger partial charge in [-0.1, -0.05) is 11.6 Å². The number of hydrogen-bond donors (Lipinski definition) is 0. The number of amides is 1. The zero-order valence-corrected chi connectivity index (χ0v) is 14.4. The largest absolute Gasteiger partial charge is 0.343 e. The van der Waals surface area contributed by atoms with Crippen LogP contribution in [0.4, 0.5) is 0 Å². The number of rotatable bonds is 4. The predicted octanol–water partition coefficient (Wildman–Crippen LogP) is 1.97. The fourth-order valence-electron chi connectivity index (χ4n) is 3.25. The van der Waals surface area contributed by atoms with E-state index in [9.17, 15) is 4.79 Å². The number of carbonyl (C=O) groups is 1. The Kier molecular flexibility index (Phi) is 5.66. The van der Waals surface area contributed by atoms with Gasteiger partial charge in [-0.3, -0.25) is 14.4 Å². The van der Waals surface area contributed by atoms with Crippen molar-refractivity contribution in [2.24, 2.45) is 0 Å². The molecule has 5 nitrogen and oxygen atoms in total. The molecule has 0 saturated carbocycles. The van der Waals surface area contributed by atoms with Crippen LogP contribution in [0.2, 0.25) is 5.02 Å². The maximum Gasteiger partial charge on any atom is 0.224 e. The van der Waals surface area contributed by atoms with Gasteiger partial charge in [0.25, 0.3) is 0 Å². The van der Waals surface area contributed by atoms with Crippen molar-refractivity contribution < 1.29 is 4.79 Å². The second-order valence-electron chi connectivity index (χ2n) is 5.93. The predicted molar refractivity (Wildman–Crippen MR) is 90.4 cm³/mol. The number of carbonyl (C=O) groups excluding carboxylic acids is 1. The van der Waals surface area contributed by atoms with E-state index in [1.165, 1.54) is 24.6 Å². The number of likely N-dealkylation sites (tertiary alicyclic amines) is 1. The highest BCUT2D eigenvalue weighted by atomic mass is 35.5. The highest BCUT2D eigenvalue weighted by molar-refractivity contribution is 7.99. The molecule has 0 N–H and O–H groups in total. The Morgan fingerprint density at radius 3 is 2.64 bits per heavy atom. The van der Waals surface area contributed by atoms with Gasteiger partial charge in [0.2, 0.25) is 5.91 Å². The molecule has 0 spiro atoms. The van der Waals surface area contributed by atoms with E-state index in [-0.39, 0.29) is 5.91 Å². The van der Waals surface area contributed by atoms with Gasteiger partial charge in [-0.15, -0.1) is 0 Å². The molecule has 2 aliphatic rings. The molecule has 0 aliphatic carbocycles. The van der Waals surface area contributed by atoms with Crippen LogP contribution in [0.3, 0.4) is 0 Å². The van der Waals surface area contributed by atoms with Crippen molar-refractivity contribution in [1.29, 1.82) is 0 Å². The zero-order chi connectivity index (χ0) is 15.4. The van der Waals surface area contributed by atoms with Crippen molar-refractivity contribution in [3.8, 4) is 0 Å². The molecule has 3 heterocycles. The second kappa shape index (κ2) is 7.70. The van der Waals surface area contributed by atoms with Crippen LogP contribution in [0.15, 0.2) is 12.4 Å². The molecule has 2 fully saturated rings. The molecule has 2 aliphatic heterocycles. The molecule has 0 aromatic carbocycles. The third-order valence-electron chi connectivity index (χ3n) is 4.54. The first-order valence-corrected chi connectivity index (χ1v) is 9.53. The summed E-state index contributed by atoms with van der Waals surface area (Å²) in [7, 11) is 0. The summed E-state index contributed by atoms with van der Waals surface area (Å²) in [5.74, 6) is 2.75. The summed E-state index contributed by atoms with van der Waals surface area (Å²) in [5, 5.41) is 4.73. The van der Waals surface area contributed by atoms with E-state index in [2.05, 4.69) is 21.8 Å². The fraction of sp³-hybridized carbons (Fsp3) is 0.733. The number of aryl methyl sites for hydroxylation is 1. The molecule has 0 unspecified atom stereocenters. The van der Waals surface area contributed by atoms with Gasteiger partial charge in [0.15, 0.2) is 0 Å². The summed E-state index contributed by atoms with van der Waals surface area (Å²) in [5.41, 5.74) is 0. The molecule has 0 radical (unpaired) electrons. The minimum Gasteiger partial charge on any atom is -0.343 e. The molecule has 2 saturated heterocycles. The Morgan fingerprint density at radius 1 is 1.27 bits per heavy atom. The molecular formula is C15H23ClN4OS. The molecular weight excluding hydrogens is 320 g/mol. The van der Waals surface area contributed by atoms with Crippen LogP contribution < -0.4 is 0 Å². The van der Waals surface area contributed by atoms with Crippen LogP contribution in [-0.2, 0) is 11.3 Å². The van der Waals surface area contributed by atoms with Crippen molar-refractivity contribution in [2.45, 2.75) is 31.8 Å². The lowest BCUT2D eigenvalue weighted by molar-refractivity contribution is -0.133. The van der Waals surface area contributed by atoms with Gasteiger partial charge < -0.3 is 4.90 Å². The number of hydrogen-bond acceptors (Lipinski definition) is 4. The summed E-state index contributed by atoms with van der Waals surface area (Å²) >= 11 is 7.88. The first kappa shape index (κ1) is 16.1. The van der Waals surface area contributed by atoms with E-state index in [1.54, 1.807) is 17.1 Å². The van der Waals surface area contributed by atoms with Crippen molar-refractivity contribution in [2.75, 3.05) is 37.7 Å². The van der Waals surface area contributed by atoms with Crippen LogP contribution in [0, 0.1) is 0 Å². The summed E-state index contributed by atoms with van der Waals surface area (Å²) in [4.78, 5) is 16.9. The molecule has 1 aromatic heterocycles. The topological polar surface area (TPSA) is 41.4 Å². The van der Waals surface area contributed by atoms with Gasteiger partial charge in [0.05, 0.1) is 11.2 Å². The molecule has 0 atom stereocenters. The van der Waals surface area contributed by atoms with Crippen molar-refractivity contribution in [1.82, 2.24) is 19.6 Å². The summed E-state index contributed by atoms with van der Waals surface area (Å²) in [6, 6.07) is 0.676. The Morgan fingerprint density at radius 2 is 2.00 bits per heavy atom. The third-order valence-corrected chi connectivity index (χ3v) is 5.67. The molecule has 0 bridgehead atoms. The Hall–Kier alpha value is -0.720. The number of thioether (sulfide) groups is 1. The Balaban J connectivity index is 1.41. The van der Waals surface area contributed by atoms with Gasteiger partial charge >= 0.3 is 0 Å². The van der Waals surface area contributed by atoms with Crippen molar-refractivity contribution in [3.63, 3.8) is 0 Å². The minimum atomic E-state index is 0.235. The van der Waals surface area contributed by atoms with Crippen LogP contribution >= 0.6 is 23.4 Å². The highest BCUT2D eigenvalue weighted by Crippen LogP contribution is 2.21. The number of piperidine rings is 1. The SMILES string of the molecule is O=C(CCn1cc(Cl)cn1)N1CCC(N2CCSCC2)CC1. The summed E-state index contributed by atoms with van der Waals surface area (Å²) < 4.78 is 1.73. The Labute approximate surface area is 141 Å². The zero-order valence-electron chi connectivity index (χ0n) is 12.8. The standard InChI is InChI=1S/C15H23ClN4OS/c16-13-11-17-20(12-13)6-3-15(21)19-4-1-14(2-5-19)18-7-9-22-10-8-18/h11-12,14H,1-10H2. The molecule has 22 heavy (non-hydrogen) atoms. The molecule has 1 aromatic rings. The van der Waals surface area contributed by atoms with Crippen molar-refractivity contribution in [3.05, 3.63) is 17.4 Å². The molecule has 122 valence electrons. The van der Waals surface area contributed by atoms with E-state index in [1.807, 2.05) is 4.90 Å². The number of nitrogens with zero attached hydrogens (tertiary/aromatic N) is 4. The summed E-state index contributed by atoms with van der Waals surface area (Å²) in [6.07, 6.45) is 6.10. The monoisotopic (exact) mass is 342 g/mol. The fourth-order valence-corrected chi connectivity index (χ4v) is 4.34. The van der Waals surface area contributed by atoms with E-state index in [0.29, 0.717) is 24.0 Å². The number of halogens is 1. The highest BCUT2D eigenvalue weighted by Gasteiger charge is 2.27. The molecule has 3 rings (SSSR count). The lowest BCUT2D eigenvalue weighted by atomic mass is 10.0.